The summed E-state index contributed by atoms with van der Waals surface area (Å²) in [5, 5.41) is 23.6. The number of benzene rings is 1. The first kappa shape index (κ1) is 17.5. The SMILES string of the molecule is O[C@H]1[C@H](NCc2csc(-c3cccs3)n2)c2ccccc2C12CCNCC2. The summed E-state index contributed by atoms with van der Waals surface area (Å²) >= 11 is 3.41. The fourth-order valence-electron chi connectivity index (χ4n) is 4.65. The second kappa shape index (κ2) is 7.11. The van der Waals surface area contributed by atoms with Gasteiger partial charge in [-0.25, -0.2) is 4.98 Å². The monoisotopic (exact) mass is 397 g/mol. The molecule has 1 spiro atoms. The Balaban J connectivity index is 1.37. The lowest BCUT2D eigenvalue weighted by molar-refractivity contribution is 0.0438. The summed E-state index contributed by atoms with van der Waals surface area (Å²) in [6, 6.07) is 12.7. The van der Waals surface area contributed by atoms with Crippen LogP contribution >= 0.6 is 22.7 Å². The van der Waals surface area contributed by atoms with Crippen molar-refractivity contribution in [2.24, 2.45) is 0 Å². The summed E-state index contributed by atoms with van der Waals surface area (Å²) in [5.74, 6) is 0. The summed E-state index contributed by atoms with van der Waals surface area (Å²) in [5.41, 5.74) is 3.50. The third kappa shape index (κ3) is 2.96. The largest absolute Gasteiger partial charge is 0.390 e. The van der Waals surface area contributed by atoms with E-state index >= 15 is 0 Å². The number of hydrogen-bond donors (Lipinski definition) is 3. The molecule has 3 N–H and O–H groups in total. The van der Waals surface area contributed by atoms with E-state index in [2.05, 4.69) is 57.8 Å². The fraction of sp³-hybridized carbons (Fsp3) is 0.381. The summed E-state index contributed by atoms with van der Waals surface area (Å²) in [7, 11) is 0. The standard InChI is InChI=1S/C21H23N3OS2/c25-19-18(23-12-14-13-27-20(24-14)17-6-3-11-26-17)15-4-1-2-5-16(15)21(19)7-9-22-10-8-21/h1-6,11,13,18-19,22-23,25H,7-10,12H2/t18-,19+/m1/s1. The molecule has 0 unspecified atom stereocenters. The van der Waals surface area contributed by atoms with Gasteiger partial charge in [0.2, 0.25) is 0 Å². The molecule has 2 aliphatic rings. The van der Waals surface area contributed by atoms with Gasteiger partial charge >= 0.3 is 0 Å². The van der Waals surface area contributed by atoms with Crippen LogP contribution in [0.2, 0.25) is 0 Å². The number of thiazole rings is 1. The highest BCUT2D eigenvalue weighted by molar-refractivity contribution is 7.20. The van der Waals surface area contributed by atoms with Gasteiger partial charge in [-0.3, -0.25) is 0 Å². The molecular formula is C21H23N3OS2. The molecule has 1 aromatic carbocycles. The molecule has 140 valence electrons. The molecule has 4 nitrogen and oxygen atoms in total. The fourth-order valence-corrected chi connectivity index (χ4v) is 6.28. The number of aliphatic hydroxyl groups is 1. The van der Waals surface area contributed by atoms with Gasteiger partial charge < -0.3 is 15.7 Å². The molecule has 0 saturated carbocycles. The Labute approximate surface area is 167 Å². The molecule has 1 aliphatic carbocycles. The van der Waals surface area contributed by atoms with Crippen LogP contribution in [0.15, 0.2) is 47.2 Å². The Bertz CT molecular complexity index is 915. The van der Waals surface area contributed by atoms with Gasteiger partial charge in [-0.05, 0) is 48.5 Å². The van der Waals surface area contributed by atoms with Crippen LogP contribution in [0.5, 0.6) is 0 Å². The van der Waals surface area contributed by atoms with Crippen molar-refractivity contribution < 1.29 is 5.11 Å². The van der Waals surface area contributed by atoms with E-state index in [1.165, 1.54) is 16.0 Å². The van der Waals surface area contributed by atoms with Gasteiger partial charge in [0.15, 0.2) is 0 Å². The molecule has 1 fully saturated rings. The smallest absolute Gasteiger partial charge is 0.133 e. The van der Waals surface area contributed by atoms with E-state index in [0.29, 0.717) is 6.54 Å². The van der Waals surface area contributed by atoms with Crippen LogP contribution in [0.1, 0.15) is 35.7 Å². The number of nitrogens with one attached hydrogen (secondary N) is 2. The zero-order valence-electron chi connectivity index (χ0n) is 15.0. The average Bonchev–Trinajstić information content (AvgIpc) is 3.43. The highest BCUT2D eigenvalue weighted by Gasteiger charge is 2.51. The molecule has 0 bridgehead atoms. The third-order valence-electron chi connectivity index (χ3n) is 6.00. The highest BCUT2D eigenvalue weighted by atomic mass is 32.1. The Kier molecular flexibility index (Phi) is 4.61. The molecule has 3 aromatic rings. The van der Waals surface area contributed by atoms with Crippen molar-refractivity contribution in [3.63, 3.8) is 0 Å². The molecule has 27 heavy (non-hydrogen) atoms. The van der Waals surface area contributed by atoms with Gasteiger partial charge in [-0.15, -0.1) is 22.7 Å². The van der Waals surface area contributed by atoms with E-state index < -0.39 is 6.10 Å². The maximum absolute atomic E-state index is 11.3. The first-order chi connectivity index (χ1) is 13.3. The number of aliphatic hydroxyl groups excluding tert-OH is 1. The zero-order valence-corrected chi connectivity index (χ0v) is 16.7. The van der Waals surface area contributed by atoms with Crippen LogP contribution in [0.3, 0.4) is 0 Å². The van der Waals surface area contributed by atoms with Crippen molar-refractivity contribution in [2.75, 3.05) is 13.1 Å². The van der Waals surface area contributed by atoms with Crippen molar-refractivity contribution in [2.45, 2.75) is 36.9 Å². The van der Waals surface area contributed by atoms with Gasteiger partial charge in [0.25, 0.3) is 0 Å². The molecule has 0 radical (unpaired) electrons. The number of hydrogen-bond acceptors (Lipinski definition) is 6. The van der Waals surface area contributed by atoms with Crippen LogP contribution in [0, 0.1) is 0 Å². The second-order valence-corrected chi connectivity index (χ2v) is 9.22. The first-order valence-electron chi connectivity index (χ1n) is 9.48. The molecule has 1 aliphatic heterocycles. The minimum absolute atomic E-state index is 0.0359. The van der Waals surface area contributed by atoms with Crippen LogP contribution in [-0.2, 0) is 12.0 Å². The highest BCUT2D eigenvalue weighted by Crippen LogP contribution is 2.50. The predicted molar refractivity (Wildman–Crippen MR) is 111 cm³/mol. The van der Waals surface area contributed by atoms with Gasteiger partial charge in [0, 0.05) is 17.3 Å². The minimum atomic E-state index is -0.396. The van der Waals surface area contributed by atoms with Gasteiger partial charge in [0.1, 0.15) is 5.01 Å². The number of fused-ring (bicyclic) bond motifs is 2. The topological polar surface area (TPSA) is 57.2 Å². The molecule has 3 heterocycles. The number of rotatable bonds is 4. The van der Waals surface area contributed by atoms with E-state index in [9.17, 15) is 5.11 Å². The zero-order chi connectivity index (χ0) is 18.3. The van der Waals surface area contributed by atoms with Crippen LogP contribution in [0.4, 0.5) is 0 Å². The Hall–Kier alpha value is -1.57. The summed E-state index contributed by atoms with van der Waals surface area (Å²) in [6.07, 6.45) is 1.58. The normalized spacial score (nSPS) is 23.6. The first-order valence-corrected chi connectivity index (χ1v) is 11.2. The van der Waals surface area contributed by atoms with Crippen molar-refractivity contribution >= 4 is 22.7 Å². The van der Waals surface area contributed by atoms with Crippen LogP contribution in [-0.4, -0.2) is 29.3 Å². The Morgan fingerprint density at radius 3 is 2.81 bits per heavy atom. The summed E-state index contributed by atoms with van der Waals surface area (Å²) < 4.78 is 0. The van der Waals surface area contributed by atoms with Crippen molar-refractivity contribution in [1.29, 1.82) is 0 Å². The Morgan fingerprint density at radius 2 is 2.00 bits per heavy atom. The van der Waals surface area contributed by atoms with Gasteiger partial charge in [0.05, 0.1) is 22.7 Å². The summed E-state index contributed by atoms with van der Waals surface area (Å²) in [4.78, 5) is 5.99. The molecule has 5 rings (SSSR count). The van der Waals surface area contributed by atoms with Crippen molar-refractivity contribution in [1.82, 2.24) is 15.6 Å². The van der Waals surface area contributed by atoms with Crippen LogP contribution < -0.4 is 10.6 Å². The molecule has 2 atom stereocenters. The quantitative estimate of drug-likeness (QED) is 0.628. The second-order valence-electron chi connectivity index (χ2n) is 7.42. The van der Waals surface area contributed by atoms with E-state index in [4.69, 9.17) is 4.98 Å². The maximum Gasteiger partial charge on any atom is 0.133 e. The number of aromatic nitrogens is 1. The van der Waals surface area contributed by atoms with Crippen molar-refractivity contribution in [3.8, 4) is 9.88 Å². The maximum atomic E-state index is 11.3. The summed E-state index contributed by atoms with van der Waals surface area (Å²) in [6.45, 7) is 2.61. The average molecular weight is 398 g/mol. The molecule has 1 saturated heterocycles. The van der Waals surface area contributed by atoms with Crippen molar-refractivity contribution in [3.05, 3.63) is 64.0 Å². The predicted octanol–water partition coefficient (Wildman–Crippen LogP) is 3.70. The molecule has 2 aromatic heterocycles. The molecular weight excluding hydrogens is 374 g/mol. The van der Waals surface area contributed by atoms with Gasteiger partial charge in [-0.2, -0.15) is 0 Å². The van der Waals surface area contributed by atoms with E-state index in [0.717, 1.165) is 36.6 Å². The number of thiophene rings is 1. The lowest BCUT2D eigenvalue weighted by Crippen LogP contribution is -2.47. The van der Waals surface area contributed by atoms with E-state index in [-0.39, 0.29) is 11.5 Å². The lowest BCUT2D eigenvalue weighted by Gasteiger charge is -2.39. The minimum Gasteiger partial charge on any atom is -0.390 e. The molecule has 0 amide bonds. The lowest BCUT2D eigenvalue weighted by atomic mass is 9.72. The third-order valence-corrected chi connectivity index (χ3v) is 7.93. The van der Waals surface area contributed by atoms with Crippen LogP contribution in [0.25, 0.3) is 9.88 Å². The van der Waals surface area contributed by atoms with E-state index in [1.54, 1.807) is 22.7 Å². The van der Waals surface area contributed by atoms with Gasteiger partial charge in [-0.1, -0.05) is 30.3 Å². The molecule has 6 heteroatoms. The number of nitrogens with zero attached hydrogens (tertiary/aromatic N) is 1. The Morgan fingerprint density at radius 1 is 1.15 bits per heavy atom. The number of piperidine rings is 1. The van der Waals surface area contributed by atoms with E-state index in [1.807, 2.05) is 0 Å².